The van der Waals surface area contributed by atoms with Crippen molar-refractivity contribution in [1.82, 2.24) is 5.32 Å². The highest BCUT2D eigenvalue weighted by Crippen LogP contribution is 2.35. The Hall–Kier alpha value is -1.26. The van der Waals surface area contributed by atoms with Crippen molar-refractivity contribution in [2.24, 2.45) is 5.41 Å². The monoisotopic (exact) mass is 241 g/mol. The van der Waals surface area contributed by atoms with Crippen molar-refractivity contribution in [2.75, 3.05) is 6.54 Å². The van der Waals surface area contributed by atoms with Crippen LogP contribution in [-0.4, -0.2) is 12.6 Å². The molecule has 1 aliphatic rings. The minimum absolute atomic E-state index is 0.423. The van der Waals surface area contributed by atoms with E-state index in [9.17, 15) is 0 Å². The molecule has 0 bridgehead atoms. The van der Waals surface area contributed by atoms with E-state index in [1.165, 1.54) is 25.7 Å². The van der Waals surface area contributed by atoms with E-state index in [4.69, 9.17) is 0 Å². The van der Waals surface area contributed by atoms with Gasteiger partial charge in [-0.1, -0.05) is 56.7 Å². The maximum atomic E-state index is 3.61. The minimum atomic E-state index is 0.423. The molecule has 1 fully saturated rings. The van der Waals surface area contributed by atoms with Gasteiger partial charge < -0.3 is 5.32 Å². The smallest absolute Gasteiger partial charge is 0.0582 e. The maximum absolute atomic E-state index is 3.61. The van der Waals surface area contributed by atoms with Gasteiger partial charge in [0.15, 0.2) is 0 Å². The Morgan fingerprint density at radius 1 is 1.22 bits per heavy atom. The summed E-state index contributed by atoms with van der Waals surface area (Å²) in [4.78, 5) is 0. The van der Waals surface area contributed by atoms with Crippen LogP contribution < -0.4 is 5.32 Å². The van der Waals surface area contributed by atoms with E-state index >= 15 is 0 Å². The van der Waals surface area contributed by atoms with Gasteiger partial charge in [-0.05, 0) is 30.4 Å². The average Bonchev–Trinajstić information content (AvgIpc) is 2.37. The molecule has 1 heteroatoms. The molecule has 0 spiro atoms. The molecule has 18 heavy (non-hydrogen) atoms. The van der Waals surface area contributed by atoms with E-state index in [2.05, 4.69) is 43.1 Å². The second-order valence-corrected chi connectivity index (χ2v) is 5.84. The fraction of sp³-hybridized carbons (Fsp3) is 0.529. The van der Waals surface area contributed by atoms with Crippen LogP contribution in [0.25, 0.3) is 0 Å². The number of hydrogen-bond acceptors (Lipinski definition) is 1. The van der Waals surface area contributed by atoms with E-state index < -0.39 is 0 Å². The summed E-state index contributed by atoms with van der Waals surface area (Å²) >= 11 is 0. The number of rotatable bonds is 2. The third-order valence-electron chi connectivity index (χ3n) is 3.95. The van der Waals surface area contributed by atoms with Gasteiger partial charge >= 0.3 is 0 Å². The first-order valence-electron chi connectivity index (χ1n) is 6.96. The van der Waals surface area contributed by atoms with E-state index in [-0.39, 0.29) is 0 Å². The molecule has 0 heterocycles. The van der Waals surface area contributed by atoms with Gasteiger partial charge in [0, 0.05) is 11.6 Å². The lowest BCUT2D eigenvalue weighted by atomic mass is 9.73. The third-order valence-corrected chi connectivity index (χ3v) is 3.95. The van der Waals surface area contributed by atoms with Gasteiger partial charge in [-0.3, -0.25) is 0 Å². The Kier molecular flexibility index (Phi) is 4.44. The van der Waals surface area contributed by atoms with Gasteiger partial charge in [0.25, 0.3) is 0 Å². The first-order valence-corrected chi connectivity index (χ1v) is 6.96. The summed E-state index contributed by atoms with van der Waals surface area (Å²) in [5.41, 5.74) is 1.52. The lowest BCUT2D eigenvalue weighted by Crippen LogP contribution is -2.44. The van der Waals surface area contributed by atoms with Crippen LogP contribution in [0.2, 0.25) is 0 Å². The van der Waals surface area contributed by atoms with Crippen LogP contribution in [-0.2, 0) is 0 Å². The summed E-state index contributed by atoms with van der Waals surface area (Å²) < 4.78 is 0. The molecule has 1 aromatic rings. The van der Waals surface area contributed by atoms with Crippen molar-refractivity contribution < 1.29 is 0 Å². The maximum Gasteiger partial charge on any atom is 0.0582 e. The first kappa shape index (κ1) is 13.2. The number of nitrogens with one attached hydrogen (secondary N) is 1. The molecule has 1 N–H and O–H groups in total. The molecule has 0 amide bonds. The largest absolute Gasteiger partial charge is 0.303 e. The van der Waals surface area contributed by atoms with Crippen molar-refractivity contribution in [3.8, 4) is 11.8 Å². The van der Waals surface area contributed by atoms with Crippen LogP contribution in [0.15, 0.2) is 30.3 Å². The summed E-state index contributed by atoms with van der Waals surface area (Å²) in [6.07, 6.45) is 5.35. The molecule has 0 aromatic heterocycles. The minimum Gasteiger partial charge on any atom is -0.303 e. The van der Waals surface area contributed by atoms with Gasteiger partial charge in [0.05, 0.1) is 6.54 Å². The second-order valence-electron chi connectivity index (χ2n) is 5.84. The average molecular weight is 241 g/mol. The summed E-state index contributed by atoms with van der Waals surface area (Å²) in [7, 11) is 0. The summed E-state index contributed by atoms with van der Waals surface area (Å²) in [5.74, 6) is 6.42. The van der Waals surface area contributed by atoms with Crippen LogP contribution in [0.1, 0.15) is 45.1 Å². The molecule has 2 rings (SSSR count). The topological polar surface area (TPSA) is 12.0 Å². The molecule has 0 saturated heterocycles. The summed E-state index contributed by atoms with van der Waals surface area (Å²) in [5, 5.41) is 3.61. The van der Waals surface area contributed by atoms with Gasteiger partial charge in [0.1, 0.15) is 0 Å². The molecule has 1 saturated carbocycles. The molecule has 1 nitrogen and oxygen atoms in total. The Labute approximate surface area is 111 Å². The molecule has 0 radical (unpaired) electrons. The highest BCUT2D eigenvalue weighted by molar-refractivity contribution is 5.33. The van der Waals surface area contributed by atoms with Crippen LogP contribution in [0.5, 0.6) is 0 Å². The normalized spacial score (nSPS) is 22.0. The van der Waals surface area contributed by atoms with Crippen molar-refractivity contribution in [2.45, 2.75) is 45.6 Å². The fourth-order valence-electron chi connectivity index (χ4n) is 2.71. The second kappa shape index (κ2) is 6.07. The molecular formula is C17H23N. The van der Waals surface area contributed by atoms with E-state index in [1.807, 2.05) is 18.2 Å². The summed E-state index contributed by atoms with van der Waals surface area (Å²) in [6, 6.07) is 10.8. The molecule has 1 atom stereocenters. The first-order chi connectivity index (χ1) is 8.68. The number of hydrogen-bond donors (Lipinski definition) is 1. The standard InChI is InChI=1S/C17H23N/c1-17(2)13-7-6-12-16(17)18-14-8-11-15-9-4-3-5-10-15/h3-5,9-10,16,18H,6-7,12-14H2,1-2H3. The van der Waals surface area contributed by atoms with Gasteiger partial charge in [-0.15, -0.1) is 0 Å². The zero-order valence-electron chi connectivity index (χ0n) is 11.5. The Morgan fingerprint density at radius 3 is 2.72 bits per heavy atom. The molecule has 0 aliphatic heterocycles. The van der Waals surface area contributed by atoms with E-state index in [0.717, 1.165) is 12.1 Å². The summed E-state index contributed by atoms with van der Waals surface area (Å²) in [6.45, 7) is 5.53. The number of benzene rings is 1. The fourth-order valence-corrected chi connectivity index (χ4v) is 2.71. The zero-order chi connectivity index (χ0) is 12.8. The van der Waals surface area contributed by atoms with E-state index in [1.54, 1.807) is 0 Å². The van der Waals surface area contributed by atoms with Gasteiger partial charge in [-0.2, -0.15) is 0 Å². The van der Waals surface area contributed by atoms with Gasteiger partial charge in [0.2, 0.25) is 0 Å². The zero-order valence-corrected chi connectivity index (χ0v) is 11.5. The van der Waals surface area contributed by atoms with Crippen molar-refractivity contribution >= 4 is 0 Å². The van der Waals surface area contributed by atoms with E-state index in [0.29, 0.717) is 11.5 Å². The van der Waals surface area contributed by atoms with Crippen LogP contribution in [0.3, 0.4) is 0 Å². The van der Waals surface area contributed by atoms with Crippen molar-refractivity contribution in [1.29, 1.82) is 0 Å². The highest BCUT2D eigenvalue weighted by atomic mass is 14.9. The molecule has 1 aliphatic carbocycles. The van der Waals surface area contributed by atoms with Crippen LogP contribution in [0.4, 0.5) is 0 Å². The SMILES string of the molecule is CC1(C)CCCCC1NCC#Cc1ccccc1. The lowest BCUT2D eigenvalue weighted by molar-refractivity contribution is 0.172. The third kappa shape index (κ3) is 3.62. The molecule has 96 valence electrons. The quantitative estimate of drug-likeness (QED) is 0.780. The lowest BCUT2D eigenvalue weighted by Gasteiger charge is -2.38. The predicted octanol–water partition coefficient (Wildman–Crippen LogP) is 3.60. The molecular weight excluding hydrogens is 218 g/mol. The Bertz CT molecular complexity index is 422. The Morgan fingerprint density at radius 2 is 2.00 bits per heavy atom. The van der Waals surface area contributed by atoms with Crippen molar-refractivity contribution in [3.63, 3.8) is 0 Å². The van der Waals surface area contributed by atoms with Gasteiger partial charge in [-0.25, -0.2) is 0 Å². The molecule has 1 aromatic carbocycles. The molecule has 1 unspecified atom stereocenters. The highest BCUT2D eigenvalue weighted by Gasteiger charge is 2.31. The van der Waals surface area contributed by atoms with Crippen LogP contribution >= 0.6 is 0 Å². The Balaban J connectivity index is 1.84. The predicted molar refractivity (Wildman–Crippen MR) is 77.4 cm³/mol. The van der Waals surface area contributed by atoms with Crippen molar-refractivity contribution in [3.05, 3.63) is 35.9 Å². The van der Waals surface area contributed by atoms with Crippen LogP contribution in [0, 0.1) is 17.3 Å².